The number of carbonyl (C=O) groups excluding carboxylic acids is 3. The van der Waals surface area contributed by atoms with Gasteiger partial charge in [-0.25, -0.2) is 0 Å². The highest BCUT2D eigenvalue weighted by molar-refractivity contribution is 7.17. The monoisotopic (exact) mass is 435 g/mol. The number of H-pyrrole nitrogens is 1. The number of amides is 3. The fraction of sp³-hybridized carbons (Fsp3) is 0.273. The van der Waals surface area contributed by atoms with Crippen molar-refractivity contribution in [3.63, 3.8) is 0 Å². The molecule has 31 heavy (non-hydrogen) atoms. The lowest BCUT2D eigenvalue weighted by Crippen LogP contribution is -2.43. The van der Waals surface area contributed by atoms with Gasteiger partial charge in [0.2, 0.25) is 11.8 Å². The van der Waals surface area contributed by atoms with E-state index in [1.807, 2.05) is 29.6 Å². The van der Waals surface area contributed by atoms with E-state index in [0.717, 1.165) is 10.2 Å². The highest BCUT2D eigenvalue weighted by Crippen LogP contribution is 2.25. The van der Waals surface area contributed by atoms with Gasteiger partial charge in [0.25, 0.3) is 5.91 Å². The molecule has 3 aromatic rings. The second-order valence-corrected chi connectivity index (χ2v) is 8.47. The maximum Gasteiger partial charge on any atom is 0.270 e. The quantitative estimate of drug-likeness (QED) is 0.642. The van der Waals surface area contributed by atoms with Gasteiger partial charge in [0.1, 0.15) is 11.7 Å². The van der Waals surface area contributed by atoms with E-state index in [2.05, 4.69) is 16.4 Å². The number of likely N-dealkylation sites (N-methyl/N-ethyl adjacent to an activating group) is 1. The van der Waals surface area contributed by atoms with E-state index in [9.17, 15) is 19.6 Å². The van der Waals surface area contributed by atoms with Crippen molar-refractivity contribution in [3.05, 3.63) is 53.5 Å². The molecule has 0 radical (unpaired) electrons. The van der Waals surface area contributed by atoms with Gasteiger partial charge >= 0.3 is 0 Å². The number of nitrogens with zero attached hydrogens (tertiary/aromatic N) is 3. The Balaban J connectivity index is 1.38. The number of benzene rings is 1. The highest BCUT2D eigenvalue weighted by atomic mass is 32.1. The number of thiophene rings is 1. The van der Waals surface area contributed by atoms with E-state index in [0.29, 0.717) is 11.4 Å². The van der Waals surface area contributed by atoms with Gasteiger partial charge in [0.05, 0.1) is 28.7 Å². The van der Waals surface area contributed by atoms with Crippen LogP contribution in [-0.4, -0.2) is 58.7 Å². The fourth-order valence-corrected chi connectivity index (χ4v) is 4.51. The Kier molecular flexibility index (Phi) is 5.73. The van der Waals surface area contributed by atoms with Gasteiger partial charge in [-0.2, -0.15) is 5.26 Å². The lowest BCUT2D eigenvalue weighted by Gasteiger charge is -2.23. The number of hydrogen-bond donors (Lipinski definition) is 2. The van der Waals surface area contributed by atoms with E-state index in [4.69, 9.17) is 0 Å². The number of para-hydroxylation sites is 1. The van der Waals surface area contributed by atoms with E-state index >= 15 is 0 Å². The molecule has 3 amide bonds. The topological polar surface area (TPSA) is 109 Å². The molecule has 1 fully saturated rings. The first-order chi connectivity index (χ1) is 15.0. The molecule has 0 saturated carbocycles. The van der Waals surface area contributed by atoms with Crippen LogP contribution in [0, 0.1) is 17.2 Å². The summed E-state index contributed by atoms with van der Waals surface area (Å²) in [5.41, 5.74) is 1.96. The maximum absolute atomic E-state index is 12.9. The minimum absolute atomic E-state index is 0.149. The molecule has 1 aromatic carbocycles. The normalized spacial score (nSPS) is 18.0. The first kappa shape index (κ1) is 20.6. The molecule has 1 saturated heterocycles. The summed E-state index contributed by atoms with van der Waals surface area (Å²) in [4.78, 5) is 43.9. The first-order valence-corrected chi connectivity index (χ1v) is 10.7. The third kappa shape index (κ3) is 4.29. The van der Waals surface area contributed by atoms with Crippen LogP contribution in [0.1, 0.15) is 16.9 Å². The predicted molar refractivity (Wildman–Crippen MR) is 117 cm³/mol. The number of anilines is 1. The standard InChI is InChI=1S/C22H21N5O3S/c1-26(22(30)18-10-19-17(25-18)7-8-31-19)13-20(28)27-12-14(9-16(27)11-23)21(29)24-15-5-3-2-4-6-15/h2-8,10,14,16,25H,9,12-13H2,1H3,(H,24,29). The Labute approximate surface area is 183 Å². The van der Waals surface area contributed by atoms with Gasteiger partial charge in [-0.15, -0.1) is 11.3 Å². The molecule has 8 nitrogen and oxygen atoms in total. The molecule has 0 spiro atoms. The van der Waals surface area contributed by atoms with E-state index in [1.54, 1.807) is 25.2 Å². The van der Waals surface area contributed by atoms with Crippen molar-refractivity contribution in [1.82, 2.24) is 14.8 Å². The summed E-state index contributed by atoms with van der Waals surface area (Å²) < 4.78 is 0.972. The summed E-state index contributed by atoms with van der Waals surface area (Å²) >= 11 is 1.53. The van der Waals surface area contributed by atoms with Crippen molar-refractivity contribution >= 4 is 45.0 Å². The van der Waals surface area contributed by atoms with Crippen LogP contribution < -0.4 is 5.32 Å². The van der Waals surface area contributed by atoms with Crippen LogP contribution in [-0.2, 0) is 9.59 Å². The third-order valence-corrected chi connectivity index (χ3v) is 6.24. The summed E-state index contributed by atoms with van der Waals surface area (Å²) in [5.74, 6) is -1.36. The van der Waals surface area contributed by atoms with Crippen LogP contribution >= 0.6 is 11.3 Å². The van der Waals surface area contributed by atoms with Crippen molar-refractivity contribution in [2.24, 2.45) is 5.92 Å². The third-order valence-electron chi connectivity index (χ3n) is 5.37. The highest BCUT2D eigenvalue weighted by Gasteiger charge is 2.39. The zero-order chi connectivity index (χ0) is 22.0. The van der Waals surface area contributed by atoms with Gasteiger partial charge in [-0.3, -0.25) is 14.4 Å². The molecule has 2 unspecified atom stereocenters. The fourth-order valence-electron chi connectivity index (χ4n) is 3.72. The Morgan fingerprint density at radius 1 is 1.29 bits per heavy atom. The molecule has 0 aliphatic carbocycles. The Bertz CT molecular complexity index is 1130. The number of fused-ring (bicyclic) bond motifs is 1. The lowest BCUT2D eigenvalue weighted by atomic mass is 10.1. The molecule has 2 atom stereocenters. The number of nitriles is 1. The molecule has 3 heterocycles. The summed E-state index contributed by atoms with van der Waals surface area (Å²) in [7, 11) is 1.55. The molecule has 158 valence electrons. The zero-order valence-electron chi connectivity index (χ0n) is 16.9. The van der Waals surface area contributed by atoms with Gasteiger partial charge in [0, 0.05) is 19.3 Å². The van der Waals surface area contributed by atoms with E-state index in [1.165, 1.54) is 21.1 Å². The summed E-state index contributed by atoms with van der Waals surface area (Å²) in [6.07, 6.45) is 0.269. The molecule has 2 aromatic heterocycles. The van der Waals surface area contributed by atoms with Crippen molar-refractivity contribution in [1.29, 1.82) is 5.26 Å². The second kappa shape index (κ2) is 8.62. The van der Waals surface area contributed by atoms with E-state index in [-0.39, 0.29) is 37.2 Å². The lowest BCUT2D eigenvalue weighted by molar-refractivity contribution is -0.131. The smallest absolute Gasteiger partial charge is 0.270 e. The number of carbonyl (C=O) groups is 3. The zero-order valence-corrected chi connectivity index (χ0v) is 17.7. The largest absolute Gasteiger partial charge is 0.350 e. The van der Waals surface area contributed by atoms with Gasteiger partial charge in [-0.05, 0) is 36.1 Å². The SMILES string of the molecule is CN(CC(=O)N1CC(C(=O)Nc2ccccc2)CC1C#N)C(=O)c1cc2sccc2[nH]1. The Morgan fingerprint density at radius 3 is 2.77 bits per heavy atom. The number of hydrogen-bond acceptors (Lipinski definition) is 5. The summed E-state index contributed by atoms with van der Waals surface area (Å²) in [6.45, 7) is -0.0211. The van der Waals surface area contributed by atoms with Crippen molar-refractivity contribution < 1.29 is 14.4 Å². The predicted octanol–water partition coefficient (Wildman–Crippen LogP) is 2.68. The van der Waals surface area contributed by atoms with Crippen molar-refractivity contribution in [2.45, 2.75) is 12.5 Å². The molecule has 0 bridgehead atoms. The summed E-state index contributed by atoms with van der Waals surface area (Å²) in [6, 6.07) is 14.1. The van der Waals surface area contributed by atoms with Gasteiger partial charge < -0.3 is 20.1 Å². The molecular weight excluding hydrogens is 414 g/mol. The van der Waals surface area contributed by atoms with E-state index < -0.39 is 12.0 Å². The van der Waals surface area contributed by atoms with Gasteiger partial charge in [0.15, 0.2) is 0 Å². The van der Waals surface area contributed by atoms with Crippen LogP contribution in [0.4, 0.5) is 5.69 Å². The number of aromatic amines is 1. The number of rotatable bonds is 5. The average Bonchev–Trinajstić information content (AvgIpc) is 3.48. The van der Waals surface area contributed by atoms with Gasteiger partial charge in [-0.1, -0.05) is 18.2 Å². The van der Waals surface area contributed by atoms with Crippen LogP contribution in [0.5, 0.6) is 0 Å². The van der Waals surface area contributed by atoms with Crippen LogP contribution in [0.25, 0.3) is 10.2 Å². The van der Waals surface area contributed by atoms with Crippen molar-refractivity contribution in [2.75, 3.05) is 25.5 Å². The van der Waals surface area contributed by atoms with Crippen LogP contribution in [0.15, 0.2) is 47.8 Å². The maximum atomic E-state index is 12.9. The van der Waals surface area contributed by atoms with Crippen LogP contribution in [0.3, 0.4) is 0 Å². The molecule has 1 aliphatic heterocycles. The minimum Gasteiger partial charge on any atom is -0.350 e. The number of likely N-dealkylation sites (tertiary alicyclic amines) is 1. The van der Waals surface area contributed by atoms with Crippen molar-refractivity contribution in [3.8, 4) is 6.07 Å². The second-order valence-electron chi connectivity index (χ2n) is 7.52. The first-order valence-electron chi connectivity index (χ1n) is 9.83. The number of aromatic nitrogens is 1. The van der Waals surface area contributed by atoms with Crippen LogP contribution in [0.2, 0.25) is 0 Å². The number of nitrogens with one attached hydrogen (secondary N) is 2. The molecule has 4 rings (SSSR count). The average molecular weight is 436 g/mol. The Hall–Kier alpha value is -3.64. The molecular formula is C22H21N5O3S. The minimum atomic E-state index is -0.696. The molecule has 9 heteroatoms. The summed E-state index contributed by atoms with van der Waals surface area (Å²) in [5, 5.41) is 14.3. The molecule has 2 N–H and O–H groups in total. The Morgan fingerprint density at radius 2 is 2.06 bits per heavy atom. The molecule has 1 aliphatic rings.